The molecule has 0 saturated carbocycles. The van der Waals surface area contributed by atoms with Gasteiger partial charge in [-0.2, -0.15) is 0 Å². The van der Waals surface area contributed by atoms with Crippen LogP contribution in [0.3, 0.4) is 0 Å². The van der Waals surface area contributed by atoms with Crippen molar-refractivity contribution in [3.63, 3.8) is 0 Å². The van der Waals surface area contributed by atoms with E-state index in [9.17, 15) is 9.50 Å². The third-order valence-corrected chi connectivity index (χ3v) is 3.24. The van der Waals surface area contributed by atoms with Gasteiger partial charge in [0.1, 0.15) is 11.5 Å². The van der Waals surface area contributed by atoms with E-state index < -0.39 is 5.82 Å². The number of hydrogen-bond donors (Lipinski definition) is 2. The molecule has 0 radical (unpaired) electrons. The molecule has 2 aromatic rings. The monoisotopic (exact) mass is 291 g/mol. The third-order valence-electron chi connectivity index (χ3n) is 3.24. The maximum absolute atomic E-state index is 13.7. The number of benzene rings is 2. The number of nitrogens with one attached hydrogen (secondary N) is 1. The molecule has 0 spiro atoms. The summed E-state index contributed by atoms with van der Waals surface area (Å²) < 4.78 is 23.6. The first-order valence-electron chi connectivity index (χ1n) is 6.52. The van der Waals surface area contributed by atoms with Crippen molar-refractivity contribution in [1.29, 1.82) is 0 Å². The molecule has 0 amide bonds. The Morgan fingerprint density at radius 1 is 1.10 bits per heavy atom. The highest BCUT2D eigenvalue weighted by Crippen LogP contribution is 2.31. The minimum atomic E-state index is -0.436. The number of hydrogen-bond acceptors (Lipinski definition) is 4. The Labute approximate surface area is 123 Å². The van der Waals surface area contributed by atoms with Crippen LogP contribution in [-0.2, 0) is 0 Å². The third kappa shape index (κ3) is 3.37. The van der Waals surface area contributed by atoms with Crippen molar-refractivity contribution >= 4 is 5.69 Å². The van der Waals surface area contributed by atoms with Gasteiger partial charge < -0.3 is 19.9 Å². The van der Waals surface area contributed by atoms with E-state index in [1.54, 1.807) is 30.3 Å². The summed E-state index contributed by atoms with van der Waals surface area (Å²) in [6, 6.07) is 9.52. The molecule has 0 aliphatic rings. The van der Waals surface area contributed by atoms with Gasteiger partial charge in [0, 0.05) is 23.4 Å². The Bertz CT molecular complexity index is 631. The summed E-state index contributed by atoms with van der Waals surface area (Å²) in [6.07, 6.45) is 0. The SMILES string of the molecule is COc1ccc(C(C)Nc2ccc(OC)c(F)c2)c(O)c1. The highest BCUT2D eigenvalue weighted by atomic mass is 19.1. The fourth-order valence-electron chi connectivity index (χ4n) is 2.10. The number of aromatic hydroxyl groups is 1. The molecule has 5 heteroatoms. The van der Waals surface area contributed by atoms with Crippen molar-refractivity contribution in [3.8, 4) is 17.2 Å². The number of phenolic OH excluding ortho intramolecular Hbond substituents is 1. The number of phenols is 1. The van der Waals surface area contributed by atoms with E-state index in [1.807, 2.05) is 6.92 Å². The van der Waals surface area contributed by atoms with Crippen LogP contribution in [0.1, 0.15) is 18.5 Å². The van der Waals surface area contributed by atoms with Crippen molar-refractivity contribution in [2.75, 3.05) is 19.5 Å². The van der Waals surface area contributed by atoms with Crippen LogP contribution in [0.25, 0.3) is 0 Å². The largest absolute Gasteiger partial charge is 0.507 e. The van der Waals surface area contributed by atoms with Crippen LogP contribution >= 0.6 is 0 Å². The molecule has 21 heavy (non-hydrogen) atoms. The van der Waals surface area contributed by atoms with Crippen LogP contribution in [-0.4, -0.2) is 19.3 Å². The molecule has 1 atom stereocenters. The maximum Gasteiger partial charge on any atom is 0.167 e. The highest BCUT2D eigenvalue weighted by Gasteiger charge is 2.12. The Morgan fingerprint density at radius 2 is 1.86 bits per heavy atom. The predicted molar refractivity (Wildman–Crippen MR) is 79.6 cm³/mol. The Balaban J connectivity index is 2.17. The molecule has 0 fully saturated rings. The van der Waals surface area contributed by atoms with Crippen LogP contribution in [0.2, 0.25) is 0 Å². The summed E-state index contributed by atoms with van der Waals surface area (Å²) in [7, 11) is 2.96. The highest BCUT2D eigenvalue weighted by molar-refractivity contribution is 5.51. The van der Waals surface area contributed by atoms with Gasteiger partial charge in [0.2, 0.25) is 0 Å². The lowest BCUT2D eigenvalue weighted by atomic mass is 10.1. The second-order valence-corrected chi connectivity index (χ2v) is 4.64. The lowest BCUT2D eigenvalue weighted by Gasteiger charge is -2.18. The van der Waals surface area contributed by atoms with E-state index in [4.69, 9.17) is 9.47 Å². The van der Waals surface area contributed by atoms with Crippen LogP contribution in [0.15, 0.2) is 36.4 Å². The zero-order valence-corrected chi connectivity index (χ0v) is 12.2. The van der Waals surface area contributed by atoms with Gasteiger partial charge in [0.15, 0.2) is 11.6 Å². The minimum Gasteiger partial charge on any atom is -0.507 e. The summed E-state index contributed by atoms with van der Waals surface area (Å²) >= 11 is 0. The van der Waals surface area contributed by atoms with Gasteiger partial charge in [0.25, 0.3) is 0 Å². The zero-order chi connectivity index (χ0) is 15.4. The standard InChI is InChI=1S/C16H18FNO3/c1-10(13-6-5-12(20-2)9-15(13)19)18-11-4-7-16(21-3)14(17)8-11/h4-10,18-19H,1-3H3. The fourth-order valence-corrected chi connectivity index (χ4v) is 2.10. The molecule has 112 valence electrons. The number of anilines is 1. The molecule has 0 heterocycles. The summed E-state index contributed by atoms with van der Waals surface area (Å²) in [4.78, 5) is 0. The average molecular weight is 291 g/mol. The summed E-state index contributed by atoms with van der Waals surface area (Å²) in [6.45, 7) is 1.88. The number of ether oxygens (including phenoxy) is 2. The number of methoxy groups -OCH3 is 2. The van der Waals surface area contributed by atoms with Crippen molar-refractivity contribution in [2.45, 2.75) is 13.0 Å². The molecule has 1 unspecified atom stereocenters. The van der Waals surface area contributed by atoms with E-state index in [0.717, 1.165) is 0 Å². The fraction of sp³-hybridized carbons (Fsp3) is 0.250. The lowest BCUT2D eigenvalue weighted by Crippen LogP contribution is -2.07. The summed E-state index contributed by atoms with van der Waals surface area (Å²) in [5, 5.41) is 13.1. The Kier molecular flexibility index (Phi) is 4.52. The first-order valence-corrected chi connectivity index (χ1v) is 6.52. The Morgan fingerprint density at radius 3 is 2.43 bits per heavy atom. The quantitative estimate of drug-likeness (QED) is 0.881. The second-order valence-electron chi connectivity index (χ2n) is 4.64. The Hall–Kier alpha value is -2.43. The van der Waals surface area contributed by atoms with Gasteiger partial charge in [-0.25, -0.2) is 4.39 Å². The smallest absolute Gasteiger partial charge is 0.167 e. The van der Waals surface area contributed by atoms with Gasteiger partial charge in [-0.15, -0.1) is 0 Å². The second kappa shape index (κ2) is 6.35. The molecule has 2 aromatic carbocycles. The minimum absolute atomic E-state index is 0.128. The van der Waals surface area contributed by atoms with Gasteiger partial charge in [0.05, 0.1) is 20.3 Å². The van der Waals surface area contributed by atoms with Gasteiger partial charge in [-0.1, -0.05) is 0 Å². The molecular formula is C16H18FNO3. The molecule has 0 saturated heterocycles. The van der Waals surface area contributed by atoms with E-state index in [0.29, 0.717) is 17.0 Å². The van der Waals surface area contributed by atoms with Crippen molar-refractivity contribution in [3.05, 3.63) is 47.8 Å². The average Bonchev–Trinajstić information content (AvgIpc) is 2.47. The van der Waals surface area contributed by atoms with E-state index in [1.165, 1.54) is 20.3 Å². The molecule has 4 nitrogen and oxygen atoms in total. The van der Waals surface area contributed by atoms with E-state index in [2.05, 4.69) is 5.32 Å². The van der Waals surface area contributed by atoms with E-state index in [-0.39, 0.29) is 17.5 Å². The van der Waals surface area contributed by atoms with E-state index >= 15 is 0 Å². The van der Waals surface area contributed by atoms with Gasteiger partial charge in [-0.3, -0.25) is 0 Å². The molecule has 2 N–H and O–H groups in total. The molecule has 0 aliphatic carbocycles. The molecular weight excluding hydrogens is 273 g/mol. The van der Waals surface area contributed by atoms with Gasteiger partial charge >= 0.3 is 0 Å². The van der Waals surface area contributed by atoms with Crippen molar-refractivity contribution < 1.29 is 19.0 Å². The molecule has 0 bridgehead atoms. The predicted octanol–water partition coefficient (Wildman–Crippen LogP) is 3.72. The van der Waals surface area contributed by atoms with Crippen LogP contribution in [0, 0.1) is 5.82 Å². The normalized spacial score (nSPS) is 11.8. The molecule has 2 rings (SSSR count). The van der Waals surface area contributed by atoms with Crippen LogP contribution < -0.4 is 14.8 Å². The zero-order valence-electron chi connectivity index (χ0n) is 12.2. The maximum atomic E-state index is 13.7. The summed E-state index contributed by atoms with van der Waals surface area (Å²) in [5.74, 6) is 0.469. The van der Waals surface area contributed by atoms with Crippen molar-refractivity contribution in [2.24, 2.45) is 0 Å². The van der Waals surface area contributed by atoms with Crippen LogP contribution in [0.4, 0.5) is 10.1 Å². The first-order chi connectivity index (χ1) is 10.0. The molecule has 0 aliphatic heterocycles. The first kappa shape index (κ1) is 15.0. The number of halogens is 1. The topological polar surface area (TPSA) is 50.7 Å². The van der Waals surface area contributed by atoms with Crippen molar-refractivity contribution in [1.82, 2.24) is 0 Å². The van der Waals surface area contributed by atoms with Crippen LogP contribution in [0.5, 0.6) is 17.2 Å². The van der Waals surface area contributed by atoms with Gasteiger partial charge in [-0.05, 0) is 31.2 Å². The molecule has 0 aromatic heterocycles. The lowest BCUT2D eigenvalue weighted by molar-refractivity contribution is 0.386. The number of rotatable bonds is 5. The summed E-state index contributed by atoms with van der Waals surface area (Å²) in [5.41, 5.74) is 1.31.